The van der Waals surface area contributed by atoms with Crippen LogP contribution < -0.4 is 4.89 Å². The minimum absolute atomic E-state index is 0.309. The number of rotatable bonds is 4. The minimum atomic E-state index is -1.66. The normalized spacial score (nSPS) is 11.2. The smallest absolute Gasteiger partial charge is 0.373 e. The third-order valence-corrected chi connectivity index (χ3v) is 2.89. The summed E-state index contributed by atoms with van der Waals surface area (Å²) in [5.41, 5.74) is 0.958. The lowest BCUT2D eigenvalue weighted by atomic mass is 10.2. The highest BCUT2D eigenvalue weighted by molar-refractivity contribution is 7.51. The summed E-state index contributed by atoms with van der Waals surface area (Å²) in [7, 11) is -1.66. The number of hydrogen-bond acceptors (Lipinski definition) is 3. The molecule has 0 fully saturated rings. The van der Waals surface area contributed by atoms with Crippen molar-refractivity contribution in [3.63, 3.8) is 0 Å². The Balaban J connectivity index is 2.55. The van der Waals surface area contributed by atoms with Gasteiger partial charge >= 0.3 is 5.97 Å². The first-order valence-corrected chi connectivity index (χ1v) is 6.23. The van der Waals surface area contributed by atoms with Crippen LogP contribution in [0.5, 0.6) is 0 Å². The zero-order valence-corrected chi connectivity index (χ0v) is 9.44. The molecule has 0 aromatic heterocycles. The fourth-order valence-electron chi connectivity index (χ4n) is 1.11. The van der Waals surface area contributed by atoms with E-state index in [2.05, 4.69) is 4.74 Å². The van der Waals surface area contributed by atoms with Crippen LogP contribution in [0, 0.1) is 0 Å². The molecule has 1 aromatic rings. The molecule has 1 unspecified atom stereocenters. The summed E-state index contributed by atoms with van der Waals surface area (Å²) >= 11 is 0. The van der Waals surface area contributed by atoms with Crippen LogP contribution in [0.2, 0.25) is 0 Å². The highest BCUT2D eigenvalue weighted by atomic mass is 31.1. The van der Waals surface area contributed by atoms with Crippen LogP contribution in [0.1, 0.15) is 12.5 Å². The summed E-state index contributed by atoms with van der Waals surface area (Å²) in [5, 5.41) is 0. The number of carbonyl (C=O) groups excluding carboxylic acids is 1. The predicted octanol–water partition coefficient (Wildman–Crippen LogP) is 1.31. The Morgan fingerprint density at radius 2 is 2.13 bits per heavy atom. The highest BCUT2D eigenvalue weighted by Gasteiger charge is 2.05. The van der Waals surface area contributed by atoms with Crippen LogP contribution in [0.15, 0.2) is 30.3 Å². The molecule has 0 saturated heterocycles. The summed E-state index contributed by atoms with van der Waals surface area (Å²) in [6.07, 6.45) is 0.384. The molecule has 1 atom stereocenters. The van der Waals surface area contributed by atoms with Gasteiger partial charge in [-0.05, 0) is 12.5 Å². The van der Waals surface area contributed by atoms with E-state index in [9.17, 15) is 9.69 Å². The summed E-state index contributed by atoms with van der Waals surface area (Å²) in [4.78, 5) is 22.5. The van der Waals surface area contributed by atoms with Gasteiger partial charge in [-0.1, -0.05) is 30.3 Å². The molecule has 80 valence electrons. The van der Waals surface area contributed by atoms with Crippen LogP contribution in [-0.2, 0) is 15.7 Å². The average molecular weight is 224 g/mol. The lowest BCUT2D eigenvalue weighted by Gasteiger charge is -1.99. The van der Waals surface area contributed by atoms with Gasteiger partial charge in [-0.15, -0.1) is 0 Å². The van der Waals surface area contributed by atoms with Crippen molar-refractivity contribution in [2.24, 2.45) is 0 Å². The molecule has 0 N–H and O–H groups in total. The molecule has 0 saturated carbocycles. The summed E-state index contributed by atoms with van der Waals surface area (Å²) in [6, 6.07) is 9.41. The number of benzene rings is 1. The molecule has 0 amide bonds. The van der Waals surface area contributed by atoms with Gasteiger partial charge in [0.15, 0.2) is 5.80 Å². The van der Waals surface area contributed by atoms with E-state index in [1.807, 2.05) is 30.3 Å². The first kappa shape index (κ1) is 11.9. The Hall–Kier alpha value is -1.18. The van der Waals surface area contributed by atoms with Gasteiger partial charge in [0.1, 0.15) is 6.16 Å². The van der Waals surface area contributed by atoms with Crippen molar-refractivity contribution < 1.29 is 14.4 Å². The maximum absolute atomic E-state index is 11.5. The zero-order chi connectivity index (χ0) is 11.1. The number of carbonyl (C=O) groups is 1. The molecular formula is C11H13O3P. The first-order valence-electron chi connectivity index (χ1n) is 4.71. The Bertz CT molecular complexity index is 346. The molecule has 1 rings (SSSR count). The van der Waals surface area contributed by atoms with Gasteiger partial charge in [-0.3, -0.25) is 0 Å². The number of hydrogen-bond donors (Lipinski definition) is 0. The van der Waals surface area contributed by atoms with E-state index >= 15 is 0 Å². The molecule has 0 aliphatic rings. The van der Waals surface area contributed by atoms with E-state index in [1.54, 1.807) is 6.92 Å². The summed E-state index contributed by atoms with van der Waals surface area (Å²) < 4.78 is 4.67. The molecule has 4 heteroatoms. The van der Waals surface area contributed by atoms with Crippen LogP contribution in [0.25, 0.3) is 0 Å². The summed E-state index contributed by atoms with van der Waals surface area (Å²) in [6.45, 7) is 2.03. The van der Waals surface area contributed by atoms with E-state index in [1.165, 1.54) is 0 Å². The summed E-state index contributed by atoms with van der Waals surface area (Å²) in [5.74, 6) is 0.640. The van der Waals surface area contributed by atoms with Crippen LogP contribution >= 0.6 is 7.77 Å². The quantitative estimate of drug-likeness (QED) is 0.572. The number of ether oxygens (including phenoxy) is 1. The second-order valence-electron chi connectivity index (χ2n) is 2.94. The van der Waals surface area contributed by atoms with E-state index < -0.39 is 13.7 Å². The molecule has 0 heterocycles. The largest absolute Gasteiger partial charge is 0.630 e. The van der Waals surface area contributed by atoms with Crippen molar-refractivity contribution in [2.45, 2.75) is 13.1 Å². The Labute approximate surface area is 90.2 Å². The fourth-order valence-corrected chi connectivity index (χ4v) is 2.08. The Morgan fingerprint density at radius 3 is 2.73 bits per heavy atom. The second-order valence-corrected chi connectivity index (χ2v) is 4.35. The van der Waals surface area contributed by atoms with E-state index in [0.717, 1.165) is 11.4 Å². The third-order valence-electron chi connectivity index (χ3n) is 1.72. The molecule has 15 heavy (non-hydrogen) atoms. The Kier molecular flexibility index (Phi) is 5.02. The van der Waals surface area contributed by atoms with Crippen LogP contribution in [0.3, 0.4) is 0 Å². The maximum Gasteiger partial charge on any atom is 0.373 e. The molecule has 3 nitrogen and oxygen atoms in total. The highest BCUT2D eigenvalue weighted by Crippen LogP contribution is 2.18. The van der Waals surface area contributed by atoms with Crippen LogP contribution in [-0.4, -0.2) is 18.4 Å². The average Bonchev–Trinajstić information content (AvgIpc) is 2.19. The van der Waals surface area contributed by atoms with Gasteiger partial charge in [-0.2, -0.15) is 0 Å². The molecule has 0 spiro atoms. The lowest BCUT2D eigenvalue weighted by molar-refractivity contribution is -0.153. The van der Waals surface area contributed by atoms with Gasteiger partial charge in [0.25, 0.3) is 0 Å². The topological polar surface area (TPSA) is 49.4 Å². The van der Waals surface area contributed by atoms with Crippen molar-refractivity contribution in [2.75, 3.05) is 6.61 Å². The fraction of sp³-hybridized carbons (Fsp3) is 0.273. The molecule has 0 bridgehead atoms. The van der Waals surface area contributed by atoms with Crippen molar-refractivity contribution in [3.05, 3.63) is 35.9 Å². The van der Waals surface area contributed by atoms with Crippen molar-refractivity contribution in [1.82, 2.24) is 0 Å². The van der Waals surface area contributed by atoms with Crippen molar-refractivity contribution in [3.8, 4) is 0 Å². The molecular weight excluding hydrogens is 211 g/mol. The first-order chi connectivity index (χ1) is 7.22. The lowest BCUT2D eigenvalue weighted by Crippen LogP contribution is -2.07. The van der Waals surface area contributed by atoms with E-state index in [0.29, 0.717) is 12.8 Å². The molecule has 0 aliphatic carbocycles. The molecule has 0 aliphatic heterocycles. The minimum Gasteiger partial charge on any atom is -0.630 e. The van der Waals surface area contributed by atoms with E-state index in [4.69, 9.17) is 0 Å². The maximum atomic E-state index is 11.5. The van der Waals surface area contributed by atoms with Gasteiger partial charge in [0.05, 0.1) is 14.4 Å². The number of esters is 1. The van der Waals surface area contributed by atoms with Crippen molar-refractivity contribution >= 4 is 19.5 Å². The van der Waals surface area contributed by atoms with Gasteiger partial charge < -0.3 is 9.63 Å². The SMILES string of the molecule is CCOC(=O)C=[P+]([O-])Cc1ccccc1. The second kappa shape index (κ2) is 6.33. The monoisotopic (exact) mass is 224 g/mol. The molecule has 0 radical (unpaired) electrons. The van der Waals surface area contributed by atoms with Crippen molar-refractivity contribution in [1.29, 1.82) is 0 Å². The van der Waals surface area contributed by atoms with E-state index in [-0.39, 0.29) is 0 Å². The predicted molar refractivity (Wildman–Crippen MR) is 59.8 cm³/mol. The van der Waals surface area contributed by atoms with Gasteiger partial charge in [0.2, 0.25) is 0 Å². The van der Waals surface area contributed by atoms with Crippen LogP contribution in [0.4, 0.5) is 0 Å². The third kappa shape index (κ3) is 4.73. The van der Waals surface area contributed by atoms with Gasteiger partial charge in [0, 0.05) is 0 Å². The standard InChI is InChI=1S/C11H13O3P/c1-2-14-11(12)9-15(13)8-10-6-4-3-5-7-10/h3-7,9H,2,8H2,1H3. The zero-order valence-electron chi connectivity index (χ0n) is 8.55. The molecule has 1 aromatic carbocycles. The van der Waals surface area contributed by atoms with Gasteiger partial charge in [-0.25, -0.2) is 4.79 Å². The Morgan fingerprint density at radius 1 is 1.47 bits per heavy atom.